The minimum atomic E-state index is 0.131. The topological polar surface area (TPSA) is 20.3 Å². The molecule has 3 aromatic carbocycles. The van der Waals surface area contributed by atoms with Crippen molar-refractivity contribution in [1.82, 2.24) is 4.90 Å². The Labute approximate surface area is 130 Å². The van der Waals surface area contributed by atoms with E-state index in [4.69, 9.17) is 0 Å². The molecule has 1 amide bonds. The van der Waals surface area contributed by atoms with Gasteiger partial charge in [-0.25, -0.2) is 0 Å². The molecular weight excluding hydrogens is 270 g/mol. The molecule has 1 heterocycles. The van der Waals surface area contributed by atoms with Gasteiger partial charge in [0.25, 0.3) is 5.91 Å². The zero-order valence-electron chi connectivity index (χ0n) is 12.3. The van der Waals surface area contributed by atoms with Crippen LogP contribution in [0, 0.1) is 0 Å². The van der Waals surface area contributed by atoms with Gasteiger partial charge in [0.2, 0.25) is 0 Å². The van der Waals surface area contributed by atoms with Gasteiger partial charge in [0, 0.05) is 18.7 Å². The number of rotatable bonds is 1. The fourth-order valence-corrected chi connectivity index (χ4v) is 3.25. The second-order valence-corrected chi connectivity index (χ2v) is 5.77. The highest BCUT2D eigenvalue weighted by Gasteiger charge is 2.22. The quantitative estimate of drug-likeness (QED) is 0.661. The van der Waals surface area contributed by atoms with Crippen LogP contribution in [0.3, 0.4) is 0 Å². The van der Waals surface area contributed by atoms with E-state index in [1.54, 1.807) is 0 Å². The molecule has 0 N–H and O–H groups in total. The molecule has 1 aliphatic rings. The van der Waals surface area contributed by atoms with Crippen LogP contribution in [0.4, 0.5) is 0 Å². The minimum Gasteiger partial charge on any atom is -0.334 e. The summed E-state index contributed by atoms with van der Waals surface area (Å²) in [5.74, 6) is 0.131. The molecule has 2 heteroatoms. The lowest BCUT2D eigenvalue weighted by molar-refractivity contribution is 0.0736. The van der Waals surface area contributed by atoms with Crippen LogP contribution in [0.25, 0.3) is 10.8 Å². The third-order valence-electron chi connectivity index (χ3n) is 4.44. The summed E-state index contributed by atoms with van der Waals surface area (Å²) < 4.78 is 0. The van der Waals surface area contributed by atoms with E-state index in [1.165, 1.54) is 11.1 Å². The number of carbonyl (C=O) groups excluding carboxylic acids is 1. The Kier molecular flexibility index (Phi) is 3.15. The van der Waals surface area contributed by atoms with Crippen molar-refractivity contribution in [2.45, 2.75) is 13.0 Å². The Morgan fingerprint density at radius 2 is 1.55 bits per heavy atom. The molecule has 22 heavy (non-hydrogen) atoms. The molecule has 2 nitrogen and oxygen atoms in total. The molecule has 0 radical (unpaired) electrons. The van der Waals surface area contributed by atoms with Gasteiger partial charge in [0.05, 0.1) is 0 Å². The molecule has 0 aliphatic carbocycles. The number of nitrogens with zero attached hydrogens (tertiary/aromatic N) is 1. The van der Waals surface area contributed by atoms with Gasteiger partial charge in [-0.15, -0.1) is 0 Å². The molecule has 108 valence electrons. The highest BCUT2D eigenvalue weighted by Crippen LogP contribution is 2.24. The lowest BCUT2D eigenvalue weighted by Gasteiger charge is -2.29. The fraction of sp³-hybridized carbons (Fsp3) is 0.150. The lowest BCUT2D eigenvalue weighted by atomic mass is 9.98. The number of hydrogen-bond acceptors (Lipinski definition) is 1. The van der Waals surface area contributed by atoms with Crippen molar-refractivity contribution in [1.29, 1.82) is 0 Å². The molecule has 0 saturated carbocycles. The summed E-state index contributed by atoms with van der Waals surface area (Å²) in [5.41, 5.74) is 3.43. The first kappa shape index (κ1) is 13.1. The third kappa shape index (κ3) is 2.17. The first-order valence-electron chi connectivity index (χ1n) is 7.67. The van der Waals surface area contributed by atoms with E-state index in [0.29, 0.717) is 6.54 Å². The van der Waals surface area contributed by atoms with Crippen molar-refractivity contribution >= 4 is 16.7 Å². The van der Waals surface area contributed by atoms with Crippen molar-refractivity contribution < 1.29 is 4.79 Å². The number of benzene rings is 3. The predicted molar refractivity (Wildman–Crippen MR) is 88.8 cm³/mol. The number of fused-ring (bicyclic) bond motifs is 2. The zero-order valence-corrected chi connectivity index (χ0v) is 12.3. The largest absolute Gasteiger partial charge is 0.334 e. The number of carbonyl (C=O) groups is 1. The van der Waals surface area contributed by atoms with E-state index in [9.17, 15) is 4.79 Å². The third-order valence-corrected chi connectivity index (χ3v) is 4.44. The fourth-order valence-electron chi connectivity index (χ4n) is 3.25. The summed E-state index contributed by atoms with van der Waals surface area (Å²) in [4.78, 5) is 14.9. The monoisotopic (exact) mass is 287 g/mol. The van der Waals surface area contributed by atoms with Crippen LogP contribution < -0.4 is 0 Å². The van der Waals surface area contributed by atoms with Gasteiger partial charge in [0.15, 0.2) is 0 Å². The maximum atomic E-state index is 12.9. The van der Waals surface area contributed by atoms with E-state index in [1.807, 2.05) is 41.3 Å². The second kappa shape index (κ2) is 5.30. The zero-order chi connectivity index (χ0) is 14.9. The molecule has 0 spiro atoms. The molecule has 0 saturated heterocycles. The van der Waals surface area contributed by atoms with Crippen molar-refractivity contribution in [3.8, 4) is 0 Å². The van der Waals surface area contributed by atoms with Gasteiger partial charge >= 0.3 is 0 Å². The summed E-state index contributed by atoms with van der Waals surface area (Å²) in [5, 5.41) is 2.15. The van der Waals surface area contributed by atoms with Crippen molar-refractivity contribution in [2.24, 2.45) is 0 Å². The summed E-state index contributed by atoms with van der Waals surface area (Å²) in [6, 6.07) is 22.4. The Bertz CT molecular complexity index is 848. The van der Waals surface area contributed by atoms with E-state index in [2.05, 4.69) is 30.3 Å². The summed E-state index contributed by atoms with van der Waals surface area (Å²) in [7, 11) is 0. The van der Waals surface area contributed by atoms with E-state index < -0.39 is 0 Å². The Balaban J connectivity index is 1.70. The van der Waals surface area contributed by atoms with Crippen LogP contribution in [0.2, 0.25) is 0 Å². The van der Waals surface area contributed by atoms with Crippen LogP contribution in [0.1, 0.15) is 21.5 Å². The minimum absolute atomic E-state index is 0.131. The maximum Gasteiger partial charge on any atom is 0.254 e. The Morgan fingerprint density at radius 3 is 2.45 bits per heavy atom. The molecular formula is C20H17NO. The second-order valence-electron chi connectivity index (χ2n) is 5.77. The average Bonchev–Trinajstić information content (AvgIpc) is 2.60. The van der Waals surface area contributed by atoms with E-state index in [0.717, 1.165) is 29.3 Å². The number of amides is 1. The maximum absolute atomic E-state index is 12.9. The highest BCUT2D eigenvalue weighted by atomic mass is 16.2. The first-order chi connectivity index (χ1) is 10.8. The summed E-state index contributed by atoms with van der Waals surface area (Å²) in [6.07, 6.45) is 0.937. The van der Waals surface area contributed by atoms with Crippen LogP contribution in [0.15, 0.2) is 66.7 Å². The lowest BCUT2D eigenvalue weighted by Crippen LogP contribution is -2.36. The van der Waals surface area contributed by atoms with Crippen LogP contribution in [-0.2, 0) is 13.0 Å². The van der Waals surface area contributed by atoms with Crippen molar-refractivity contribution in [3.05, 3.63) is 83.4 Å². The van der Waals surface area contributed by atoms with Gasteiger partial charge in [-0.05, 0) is 34.4 Å². The molecule has 0 aromatic heterocycles. The van der Waals surface area contributed by atoms with E-state index >= 15 is 0 Å². The number of hydrogen-bond donors (Lipinski definition) is 0. The molecule has 4 rings (SSSR count). The van der Waals surface area contributed by atoms with Crippen LogP contribution in [-0.4, -0.2) is 17.4 Å². The highest BCUT2D eigenvalue weighted by molar-refractivity contribution is 6.07. The van der Waals surface area contributed by atoms with Crippen molar-refractivity contribution in [2.75, 3.05) is 6.54 Å². The SMILES string of the molecule is O=C(c1cccc2ccccc12)N1CCc2ccccc2C1. The first-order valence-corrected chi connectivity index (χ1v) is 7.67. The smallest absolute Gasteiger partial charge is 0.254 e. The molecule has 0 unspecified atom stereocenters. The Hall–Kier alpha value is -2.61. The van der Waals surface area contributed by atoms with Gasteiger partial charge in [0.1, 0.15) is 0 Å². The normalized spacial score (nSPS) is 13.9. The molecule has 3 aromatic rings. The van der Waals surface area contributed by atoms with Crippen LogP contribution >= 0.6 is 0 Å². The summed E-state index contributed by atoms with van der Waals surface area (Å²) >= 11 is 0. The Morgan fingerprint density at radius 1 is 0.818 bits per heavy atom. The molecule has 0 bridgehead atoms. The van der Waals surface area contributed by atoms with Gasteiger partial charge in [-0.1, -0.05) is 60.7 Å². The van der Waals surface area contributed by atoms with Gasteiger partial charge < -0.3 is 4.90 Å². The van der Waals surface area contributed by atoms with Crippen molar-refractivity contribution in [3.63, 3.8) is 0 Å². The molecule has 1 aliphatic heterocycles. The predicted octanol–water partition coefficient (Wildman–Crippen LogP) is 4.04. The summed E-state index contributed by atoms with van der Waals surface area (Å²) in [6.45, 7) is 1.50. The van der Waals surface area contributed by atoms with Gasteiger partial charge in [-0.2, -0.15) is 0 Å². The van der Waals surface area contributed by atoms with Crippen LogP contribution in [0.5, 0.6) is 0 Å². The van der Waals surface area contributed by atoms with E-state index in [-0.39, 0.29) is 5.91 Å². The average molecular weight is 287 g/mol. The van der Waals surface area contributed by atoms with Gasteiger partial charge in [-0.3, -0.25) is 4.79 Å². The molecule has 0 atom stereocenters. The standard InChI is InChI=1S/C20H17NO/c22-20(19-11-5-9-16-7-3-4-10-18(16)19)21-13-12-15-6-1-2-8-17(15)14-21/h1-11H,12-14H2. The molecule has 0 fully saturated rings.